The van der Waals surface area contributed by atoms with Crippen molar-refractivity contribution < 1.29 is 65.8 Å². The molecule has 1 unspecified atom stereocenters. The van der Waals surface area contributed by atoms with Crippen molar-refractivity contribution in [1.82, 2.24) is 28.5 Å². The van der Waals surface area contributed by atoms with Gasteiger partial charge in [0.15, 0.2) is 11.6 Å². The summed E-state index contributed by atoms with van der Waals surface area (Å²) in [4.78, 5) is 40.2. The largest absolute Gasteiger partial charge is 0.417 e. The quantitative estimate of drug-likeness (QED) is 0.0939. The summed E-state index contributed by atoms with van der Waals surface area (Å²) in [6.07, 6.45) is -2.95. The van der Waals surface area contributed by atoms with Crippen LogP contribution in [0.1, 0.15) is 83.0 Å². The SMILES string of the molecule is C.CCS(=O)c1ncc(C(=O)c2cc(F)ccc2C(F)(F)F)c(N)n1.CS(=O)(=O)N1CCC(N)CC1.CS(=O)(=O)N1CCC(Nc2ncc(C(=O)c3cc(F)ccc3C(F)(F)F)c(N)n2)CC1. The third-order valence-corrected chi connectivity index (χ3v) is 13.6. The average Bonchev–Trinajstić information content (AvgIpc) is 3.22. The topological polar surface area (TPSA) is 268 Å². The van der Waals surface area contributed by atoms with E-state index in [1.807, 2.05) is 0 Å². The van der Waals surface area contributed by atoms with Crippen LogP contribution in [0.5, 0.6) is 0 Å². The second-order valence-electron chi connectivity index (χ2n) is 14.7. The molecule has 0 radical (unpaired) electrons. The normalized spacial score (nSPS) is 16.1. The Kier molecular flexibility index (Phi) is 19.0. The maximum Gasteiger partial charge on any atom is 0.417 e. The highest BCUT2D eigenvalue weighted by Crippen LogP contribution is 2.35. The molecule has 2 fully saturated rings. The fourth-order valence-electron chi connectivity index (χ4n) is 6.35. The number of benzene rings is 2. The minimum Gasteiger partial charge on any atom is -0.383 e. The van der Waals surface area contributed by atoms with Crippen LogP contribution in [0.15, 0.2) is 53.9 Å². The molecule has 7 N–H and O–H groups in total. The lowest BCUT2D eigenvalue weighted by Gasteiger charge is -2.30. The van der Waals surface area contributed by atoms with Gasteiger partial charge in [-0.2, -0.15) is 31.3 Å². The maximum absolute atomic E-state index is 13.5. The number of nitrogens with zero attached hydrogens (tertiary/aromatic N) is 6. The molecule has 0 amide bonds. The van der Waals surface area contributed by atoms with Gasteiger partial charge in [-0.25, -0.2) is 49.2 Å². The van der Waals surface area contributed by atoms with Gasteiger partial charge in [0, 0.05) is 67.5 Å². The molecule has 2 aliphatic heterocycles. The first-order chi connectivity index (χ1) is 30.5. The molecular formula is C39H48F8N10O7S3. The van der Waals surface area contributed by atoms with Crippen LogP contribution in [-0.2, 0) is 43.2 Å². The van der Waals surface area contributed by atoms with E-state index in [4.69, 9.17) is 17.2 Å². The zero-order valence-corrected chi connectivity index (χ0v) is 37.6. The molecule has 0 saturated carbocycles. The molecule has 4 aromatic rings. The van der Waals surface area contributed by atoms with Gasteiger partial charge in [0.25, 0.3) is 0 Å². The number of nitrogens with two attached hydrogens (primary N) is 3. The number of halogens is 8. The van der Waals surface area contributed by atoms with Crippen LogP contribution in [-0.4, -0.2) is 118 Å². The van der Waals surface area contributed by atoms with Gasteiger partial charge in [-0.3, -0.25) is 13.8 Å². The van der Waals surface area contributed by atoms with E-state index in [1.54, 1.807) is 6.92 Å². The van der Waals surface area contributed by atoms with Crippen LogP contribution in [0.25, 0.3) is 0 Å². The van der Waals surface area contributed by atoms with E-state index in [0.717, 1.165) is 31.5 Å². The second-order valence-corrected chi connectivity index (χ2v) is 20.3. The van der Waals surface area contributed by atoms with Crippen LogP contribution >= 0.6 is 0 Å². The molecule has 6 rings (SSSR count). The first-order valence-corrected chi connectivity index (χ1v) is 24.4. The Morgan fingerprint density at radius 3 is 1.49 bits per heavy atom. The number of anilines is 3. The van der Waals surface area contributed by atoms with Crippen LogP contribution in [0.3, 0.4) is 0 Å². The molecule has 67 heavy (non-hydrogen) atoms. The highest BCUT2D eigenvalue weighted by Gasteiger charge is 2.37. The molecule has 0 spiro atoms. The van der Waals surface area contributed by atoms with Gasteiger partial charge < -0.3 is 22.5 Å². The van der Waals surface area contributed by atoms with Gasteiger partial charge in [-0.1, -0.05) is 14.4 Å². The Labute approximate surface area is 383 Å². The number of hydrogen-bond acceptors (Lipinski definition) is 15. The van der Waals surface area contributed by atoms with Crippen molar-refractivity contribution in [2.75, 3.05) is 61.2 Å². The average molecular weight is 1020 g/mol. The molecule has 2 aromatic carbocycles. The molecule has 2 aliphatic rings. The highest BCUT2D eigenvalue weighted by atomic mass is 32.2. The number of nitrogens with one attached hydrogen (secondary N) is 1. The molecule has 1 atom stereocenters. The first kappa shape index (κ1) is 56.0. The summed E-state index contributed by atoms with van der Waals surface area (Å²) in [6, 6.07) is 3.18. The van der Waals surface area contributed by atoms with Crippen molar-refractivity contribution in [2.45, 2.75) is 69.6 Å². The van der Waals surface area contributed by atoms with Crippen LogP contribution in [0.4, 0.5) is 52.7 Å². The van der Waals surface area contributed by atoms with E-state index in [-0.39, 0.29) is 42.2 Å². The van der Waals surface area contributed by atoms with Gasteiger partial charge in [-0.05, 0) is 62.1 Å². The number of alkyl halides is 6. The van der Waals surface area contributed by atoms with Crippen molar-refractivity contribution >= 4 is 60.0 Å². The van der Waals surface area contributed by atoms with E-state index in [2.05, 4.69) is 25.3 Å². The summed E-state index contributed by atoms with van der Waals surface area (Å²) in [5.41, 5.74) is 11.7. The lowest BCUT2D eigenvalue weighted by Crippen LogP contribution is -2.42. The number of aromatic nitrogens is 4. The Hall–Kier alpha value is -5.29. The monoisotopic (exact) mass is 1020 g/mol. The fourth-order valence-corrected chi connectivity index (χ4v) is 8.72. The number of piperidine rings is 2. The van der Waals surface area contributed by atoms with E-state index < -0.39 is 106 Å². The molecule has 28 heteroatoms. The lowest BCUT2D eigenvalue weighted by molar-refractivity contribution is -0.138. The van der Waals surface area contributed by atoms with Crippen LogP contribution in [0.2, 0.25) is 0 Å². The summed E-state index contributed by atoms with van der Waals surface area (Å²) in [5, 5.41) is 2.83. The van der Waals surface area contributed by atoms with Crippen molar-refractivity contribution in [1.29, 1.82) is 0 Å². The number of hydrogen-bond donors (Lipinski definition) is 4. The molecular weight excluding hydrogens is 969 g/mol. The fraction of sp³-hybridized carbons (Fsp3) is 0.436. The minimum atomic E-state index is -4.86. The zero-order chi connectivity index (χ0) is 49.5. The van der Waals surface area contributed by atoms with E-state index in [1.165, 1.54) is 14.9 Å². The Morgan fingerprint density at radius 2 is 1.12 bits per heavy atom. The second kappa shape index (κ2) is 22.7. The van der Waals surface area contributed by atoms with Gasteiger partial charge in [0.2, 0.25) is 31.2 Å². The van der Waals surface area contributed by atoms with Crippen molar-refractivity contribution in [3.8, 4) is 0 Å². The third-order valence-electron chi connectivity index (χ3n) is 9.86. The minimum absolute atomic E-state index is 0. The summed E-state index contributed by atoms with van der Waals surface area (Å²) in [7, 11) is -7.79. The first-order valence-electron chi connectivity index (χ1n) is 19.4. The summed E-state index contributed by atoms with van der Waals surface area (Å²) < 4.78 is 165. The number of sulfonamides is 2. The van der Waals surface area contributed by atoms with Gasteiger partial charge in [0.1, 0.15) is 23.3 Å². The Balaban J connectivity index is 0.000000292. The number of nitrogen functional groups attached to an aromatic ring is 2. The van der Waals surface area contributed by atoms with Crippen molar-refractivity contribution in [2.24, 2.45) is 5.73 Å². The lowest BCUT2D eigenvalue weighted by atomic mass is 9.99. The molecule has 0 aliphatic carbocycles. The van der Waals surface area contributed by atoms with Gasteiger partial charge in [0.05, 0.1) is 45.6 Å². The summed E-state index contributed by atoms with van der Waals surface area (Å²) >= 11 is 0. The van der Waals surface area contributed by atoms with Gasteiger partial charge in [-0.15, -0.1) is 0 Å². The molecule has 0 bridgehead atoms. The van der Waals surface area contributed by atoms with E-state index in [0.29, 0.717) is 75.4 Å². The molecule has 17 nitrogen and oxygen atoms in total. The number of rotatable bonds is 10. The molecule has 4 heterocycles. The zero-order valence-electron chi connectivity index (χ0n) is 35.2. The predicted octanol–water partition coefficient (Wildman–Crippen LogP) is 4.86. The molecule has 2 saturated heterocycles. The molecule has 370 valence electrons. The number of carbonyl (C=O) groups is 2. The molecule has 2 aromatic heterocycles. The number of ketones is 2. The maximum atomic E-state index is 13.5. The van der Waals surface area contributed by atoms with Crippen molar-refractivity contribution in [3.63, 3.8) is 0 Å². The summed E-state index contributed by atoms with van der Waals surface area (Å²) in [5.74, 6) is -4.89. The standard InChI is InChI=1S/C18H19F4N5O3S.C14H11F4N3O2S.C6H14N2O2S.CH4/c1-31(29,30)27-6-4-11(5-7-27)25-17-24-9-13(16(23)26-17)15(28)12-8-10(19)2-3-14(12)18(20,21)22;1-2-24(23)13-20-6-9(12(19)21-13)11(22)8-5-7(15)3-4-10(8)14(16,17)18;1-11(9,10)8-4-2-6(7)3-5-8;/h2-3,8-9,11H,4-7H2,1H3,(H3,23,24,25,26);3-6H,2H2,1H3,(H2,19,20,21);6H,2-5,7H2,1H3;1H4. The Morgan fingerprint density at radius 1 is 0.716 bits per heavy atom. The van der Waals surface area contributed by atoms with E-state index >= 15 is 0 Å². The van der Waals surface area contributed by atoms with Gasteiger partial charge >= 0.3 is 12.4 Å². The predicted molar refractivity (Wildman–Crippen MR) is 233 cm³/mol. The van der Waals surface area contributed by atoms with E-state index in [9.17, 15) is 65.8 Å². The highest BCUT2D eigenvalue weighted by molar-refractivity contribution is 7.88. The Bertz CT molecular complexity index is 2660. The van der Waals surface area contributed by atoms with Crippen LogP contribution < -0.4 is 22.5 Å². The van der Waals surface area contributed by atoms with Crippen LogP contribution in [0, 0.1) is 11.6 Å². The smallest absolute Gasteiger partial charge is 0.383 e. The summed E-state index contributed by atoms with van der Waals surface area (Å²) in [6.45, 7) is 3.39. The number of carbonyl (C=O) groups excluding carboxylic acids is 2. The third kappa shape index (κ3) is 15.4. The van der Waals surface area contributed by atoms with Crippen molar-refractivity contribution in [3.05, 3.63) is 93.8 Å².